The number of Topliss-reactive ketones (excluding diaryl/α,β-unsaturated/α-hetero) is 1. The van der Waals surface area contributed by atoms with Gasteiger partial charge in [-0.3, -0.25) is 4.79 Å². The van der Waals surface area contributed by atoms with E-state index in [-0.39, 0.29) is 17.5 Å². The maximum atomic E-state index is 13.6. The lowest BCUT2D eigenvalue weighted by atomic mass is 9.99. The third-order valence-corrected chi connectivity index (χ3v) is 3.97. The lowest BCUT2D eigenvalue weighted by Crippen LogP contribution is -2.10. The van der Waals surface area contributed by atoms with Gasteiger partial charge in [-0.1, -0.05) is 30.1 Å². The van der Waals surface area contributed by atoms with Crippen LogP contribution in [0.2, 0.25) is 0 Å². The van der Waals surface area contributed by atoms with E-state index in [1.807, 2.05) is 0 Å². The molecule has 21 heavy (non-hydrogen) atoms. The van der Waals surface area contributed by atoms with Gasteiger partial charge in [-0.2, -0.15) is 4.98 Å². The van der Waals surface area contributed by atoms with E-state index in [9.17, 15) is 9.18 Å². The maximum absolute atomic E-state index is 13.6. The summed E-state index contributed by atoms with van der Waals surface area (Å²) in [6.45, 7) is 1.70. The molecule has 1 fully saturated rings. The number of hydrogen-bond acceptors (Lipinski definition) is 4. The van der Waals surface area contributed by atoms with Crippen LogP contribution in [0.1, 0.15) is 49.5 Å². The third-order valence-electron chi connectivity index (χ3n) is 3.97. The van der Waals surface area contributed by atoms with E-state index < -0.39 is 0 Å². The molecule has 0 N–H and O–H groups in total. The molecule has 1 heterocycles. The van der Waals surface area contributed by atoms with Crippen molar-refractivity contribution in [3.8, 4) is 11.4 Å². The van der Waals surface area contributed by atoms with Crippen molar-refractivity contribution >= 4 is 5.78 Å². The molecule has 2 aromatic rings. The first-order valence-corrected chi connectivity index (χ1v) is 7.28. The minimum absolute atomic E-state index is 0.165. The average Bonchev–Trinajstić information content (AvgIpc) is 2.85. The summed E-state index contributed by atoms with van der Waals surface area (Å²) in [5.74, 6) is 0.255. The third kappa shape index (κ3) is 2.86. The number of benzene rings is 1. The van der Waals surface area contributed by atoms with Crippen LogP contribution in [0.5, 0.6) is 0 Å². The highest BCUT2D eigenvalue weighted by Gasteiger charge is 2.27. The first-order valence-electron chi connectivity index (χ1n) is 7.28. The average molecular weight is 288 g/mol. The highest BCUT2D eigenvalue weighted by Crippen LogP contribution is 2.29. The number of aromatic nitrogens is 2. The van der Waals surface area contributed by atoms with Crippen LogP contribution in [0, 0.1) is 12.7 Å². The van der Waals surface area contributed by atoms with Gasteiger partial charge in [-0.05, 0) is 31.4 Å². The Morgan fingerprint density at radius 3 is 2.95 bits per heavy atom. The molecule has 0 bridgehead atoms. The standard InChI is InChI=1S/C16H17FN2O2/c1-10-7-8-11(9-13(10)17)15-18-16(21-19-15)12-5-3-2-4-6-14(12)20/h7-9,12H,2-6H2,1H3. The number of aryl methyl sites for hydroxylation is 1. The van der Waals surface area contributed by atoms with Gasteiger partial charge in [0.25, 0.3) is 0 Å². The van der Waals surface area contributed by atoms with Crippen molar-refractivity contribution in [3.63, 3.8) is 0 Å². The molecule has 0 amide bonds. The quantitative estimate of drug-likeness (QED) is 0.789. The van der Waals surface area contributed by atoms with Crippen LogP contribution in [0.3, 0.4) is 0 Å². The summed E-state index contributed by atoms with van der Waals surface area (Å²) in [5.41, 5.74) is 1.13. The van der Waals surface area contributed by atoms with E-state index in [1.54, 1.807) is 19.1 Å². The van der Waals surface area contributed by atoms with E-state index in [0.29, 0.717) is 29.3 Å². The summed E-state index contributed by atoms with van der Waals surface area (Å²) in [6, 6.07) is 4.82. The predicted molar refractivity (Wildman–Crippen MR) is 75.3 cm³/mol. The first-order chi connectivity index (χ1) is 10.1. The van der Waals surface area contributed by atoms with Gasteiger partial charge >= 0.3 is 0 Å². The Balaban J connectivity index is 1.88. The van der Waals surface area contributed by atoms with Crippen molar-refractivity contribution in [2.75, 3.05) is 0 Å². The van der Waals surface area contributed by atoms with Crippen molar-refractivity contribution < 1.29 is 13.7 Å². The van der Waals surface area contributed by atoms with Gasteiger partial charge in [0.1, 0.15) is 11.6 Å². The fourth-order valence-electron chi connectivity index (χ4n) is 2.65. The summed E-state index contributed by atoms with van der Waals surface area (Å²) in [4.78, 5) is 16.4. The number of carbonyl (C=O) groups is 1. The van der Waals surface area contributed by atoms with E-state index in [4.69, 9.17) is 4.52 Å². The Morgan fingerprint density at radius 1 is 1.29 bits per heavy atom. The fraction of sp³-hybridized carbons (Fsp3) is 0.438. The molecule has 0 spiro atoms. The number of ketones is 1. The Kier molecular flexibility index (Phi) is 3.82. The van der Waals surface area contributed by atoms with Crippen LogP contribution in [-0.4, -0.2) is 15.9 Å². The number of halogens is 1. The highest BCUT2D eigenvalue weighted by molar-refractivity contribution is 5.85. The molecule has 4 nitrogen and oxygen atoms in total. The maximum Gasteiger partial charge on any atom is 0.237 e. The van der Waals surface area contributed by atoms with Crippen molar-refractivity contribution in [3.05, 3.63) is 35.5 Å². The summed E-state index contributed by atoms with van der Waals surface area (Å²) >= 11 is 0. The second-order valence-electron chi connectivity index (χ2n) is 5.54. The molecule has 1 aromatic carbocycles. The molecule has 110 valence electrons. The zero-order valence-corrected chi connectivity index (χ0v) is 11.9. The zero-order valence-electron chi connectivity index (χ0n) is 11.9. The van der Waals surface area contributed by atoms with Gasteiger partial charge < -0.3 is 4.52 Å². The predicted octanol–water partition coefficient (Wildman–Crippen LogP) is 3.80. The van der Waals surface area contributed by atoms with Crippen LogP contribution < -0.4 is 0 Å². The van der Waals surface area contributed by atoms with Crippen LogP contribution in [0.15, 0.2) is 22.7 Å². The number of nitrogens with zero attached hydrogens (tertiary/aromatic N) is 2. The monoisotopic (exact) mass is 288 g/mol. The van der Waals surface area contributed by atoms with Crippen molar-refractivity contribution in [2.45, 2.75) is 44.9 Å². The molecular formula is C16H17FN2O2. The van der Waals surface area contributed by atoms with Gasteiger partial charge in [0.2, 0.25) is 11.7 Å². The molecule has 0 radical (unpaired) electrons. The highest BCUT2D eigenvalue weighted by atomic mass is 19.1. The molecule has 3 rings (SSSR count). The molecule has 1 aromatic heterocycles. The minimum Gasteiger partial charge on any atom is -0.338 e. The molecular weight excluding hydrogens is 271 g/mol. The molecule has 5 heteroatoms. The van der Waals surface area contributed by atoms with Crippen molar-refractivity contribution in [1.29, 1.82) is 0 Å². The summed E-state index contributed by atoms with van der Waals surface area (Å²) < 4.78 is 18.9. The van der Waals surface area contributed by atoms with Crippen molar-refractivity contribution in [1.82, 2.24) is 10.1 Å². The van der Waals surface area contributed by atoms with Gasteiger partial charge in [0.15, 0.2) is 0 Å². The van der Waals surface area contributed by atoms with E-state index >= 15 is 0 Å². The van der Waals surface area contributed by atoms with E-state index in [1.165, 1.54) is 6.07 Å². The van der Waals surface area contributed by atoms with Gasteiger partial charge in [-0.25, -0.2) is 4.39 Å². The molecule has 1 saturated carbocycles. The minimum atomic E-state index is -0.302. The summed E-state index contributed by atoms with van der Waals surface area (Å²) in [5, 5.41) is 3.89. The van der Waals surface area contributed by atoms with Gasteiger partial charge in [0.05, 0.1) is 5.92 Å². The van der Waals surface area contributed by atoms with E-state index in [0.717, 1.165) is 25.7 Å². The van der Waals surface area contributed by atoms with E-state index in [2.05, 4.69) is 10.1 Å². The Morgan fingerprint density at radius 2 is 2.14 bits per heavy atom. The van der Waals surface area contributed by atoms with Crippen LogP contribution in [0.25, 0.3) is 11.4 Å². The normalized spacial score (nSPS) is 19.5. The molecule has 0 aliphatic heterocycles. The molecule has 1 aliphatic rings. The topological polar surface area (TPSA) is 56.0 Å². The number of hydrogen-bond donors (Lipinski definition) is 0. The van der Waals surface area contributed by atoms with Crippen LogP contribution in [0.4, 0.5) is 4.39 Å². The Bertz CT molecular complexity index is 666. The summed E-state index contributed by atoms with van der Waals surface area (Å²) in [6.07, 6.45) is 4.31. The molecule has 1 atom stereocenters. The van der Waals surface area contributed by atoms with Gasteiger partial charge in [-0.15, -0.1) is 0 Å². The number of carbonyl (C=O) groups excluding carboxylic acids is 1. The largest absolute Gasteiger partial charge is 0.338 e. The van der Waals surface area contributed by atoms with Crippen LogP contribution in [-0.2, 0) is 4.79 Å². The SMILES string of the molecule is Cc1ccc(-c2noc(C3CCCCCC3=O)n2)cc1F. The molecule has 1 aliphatic carbocycles. The smallest absolute Gasteiger partial charge is 0.237 e. The van der Waals surface area contributed by atoms with Gasteiger partial charge in [0, 0.05) is 12.0 Å². The second-order valence-corrected chi connectivity index (χ2v) is 5.54. The lowest BCUT2D eigenvalue weighted by molar-refractivity contribution is -0.120. The summed E-state index contributed by atoms with van der Waals surface area (Å²) in [7, 11) is 0. The second kappa shape index (κ2) is 5.76. The lowest BCUT2D eigenvalue weighted by Gasteiger charge is -2.06. The fourth-order valence-corrected chi connectivity index (χ4v) is 2.65. The number of rotatable bonds is 2. The molecule has 0 saturated heterocycles. The Labute approximate surface area is 122 Å². The molecule has 1 unspecified atom stereocenters. The van der Waals surface area contributed by atoms with Crippen LogP contribution >= 0.6 is 0 Å². The first kappa shape index (κ1) is 13.9. The zero-order chi connectivity index (χ0) is 14.8. The van der Waals surface area contributed by atoms with Crippen molar-refractivity contribution in [2.24, 2.45) is 0 Å². The Hall–Kier alpha value is -2.04.